The van der Waals surface area contributed by atoms with Crippen molar-refractivity contribution < 1.29 is 9.18 Å². The molecule has 18 heavy (non-hydrogen) atoms. The van der Waals surface area contributed by atoms with E-state index in [4.69, 9.17) is 11.6 Å². The lowest BCUT2D eigenvalue weighted by Gasteiger charge is -2.29. The largest absolute Gasteiger partial charge is 0.323 e. The number of piperidine rings is 1. The number of rotatable bonds is 2. The summed E-state index contributed by atoms with van der Waals surface area (Å²) in [6.07, 6.45) is 2.12. The molecule has 1 aliphatic heterocycles. The monoisotopic (exact) mass is 270 g/mol. The predicted molar refractivity (Wildman–Crippen MR) is 70.2 cm³/mol. The Kier molecular flexibility index (Phi) is 4.19. The third kappa shape index (κ3) is 3.00. The molecule has 3 nitrogen and oxygen atoms in total. The highest BCUT2D eigenvalue weighted by Crippen LogP contribution is 2.24. The van der Waals surface area contributed by atoms with Crippen LogP contribution in [0.1, 0.15) is 19.8 Å². The van der Waals surface area contributed by atoms with Gasteiger partial charge in [0.15, 0.2) is 0 Å². The second kappa shape index (κ2) is 5.67. The van der Waals surface area contributed by atoms with E-state index in [0.29, 0.717) is 5.69 Å². The van der Waals surface area contributed by atoms with Crippen LogP contribution in [0.2, 0.25) is 5.02 Å². The van der Waals surface area contributed by atoms with Gasteiger partial charge >= 0.3 is 0 Å². The van der Waals surface area contributed by atoms with E-state index in [9.17, 15) is 9.18 Å². The molecule has 0 bridgehead atoms. The Labute approximate surface area is 111 Å². The van der Waals surface area contributed by atoms with Crippen LogP contribution < -0.4 is 10.6 Å². The van der Waals surface area contributed by atoms with Gasteiger partial charge in [-0.3, -0.25) is 4.79 Å². The first kappa shape index (κ1) is 13.3. The fourth-order valence-corrected chi connectivity index (χ4v) is 2.42. The summed E-state index contributed by atoms with van der Waals surface area (Å²) >= 11 is 5.87. The van der Waals surface area contributed by atoms with Gasteiger partial charge in [0.1, 0.15) is 5.82 Å². The third-order valence-electron chi connectivity index (χ3n) is 3.24. The lowest BCUT2D eigenvalue weighted by Crippen LogP contribution is -2.48. The van der Waals surface area contributed by atoms with Crippen molar-refractivity contribution in [1.82, 2.24) is 5.32 Å². The van der Waals surface area contributed by atoms with E-state index in [-0.39, 0.29) is 22.9 Å². The highest BCUT2D eigenvalue weighted by Gasteiger charge is 2.27. The molecule has 0 spiro atoms. The highest BCUT2D eigenvalue weighted by atomic mass is 35.5. The van der Waals surface area contributed by atoms with E-state index >= 15 is 0 Å². The molecular formula is C13H16ClFN2O. The molecule has 2 rings (SSSR count). The summed E-state index contributed by atoms with van der Waals surface area (Å²) in [4.78, 5) is 12.1. The minimum absolute atomic E-state index is 0.115. The average Bonchev–Trinajstić information content (AvgIpc) is 2.33. The fraction of sp³-hybridized carbons (Fsp3) is 0.462. The summed E-state index contributed by atoms with van der Waals surface area (Å²) in [6, 6.07) is 3.73. The van der Waals surface area contributed by atoms with Crippen LogP contribution in [-0.4, -0.2) is 18.5 Å². The summed E-state index contributed by atoms with van der Waals surface area (Å²) in [6.45, 7) is 2.89. The topological polar surface area (TPSA) is 41.1 Å². The second-order valence-electron chi connectivity index (χ2n) is 4.66. The van der Waals surface area contributed by atoms with Crippen LogP contribution in [0.3, 0.4) is 0 Å². The molecule has 2 unspecified atom stereocenters. The Balaban J connectivity index is 2.06. The molecule has 1 fully saturated rings. The van der Waals surface area contributed by atoms with Gasteiger partial charge in [-0.2, -0.15) is 0 Å². The summed E-state index contributed by atoms with van der Waals surface area (Å²) in [5.41, 5.74) is 0.447. The maximum absolute atomic E-state index is 12.9. The number of amides is 1. The molecule has 2 N–H and O–H groups in total. The van der Waals surface area contributed by atoms with Crippen molar-refractivity contribution in [2.24, 2.45) is 5.92 Å². The van der Waals surface area contributed by atoms with Gasteiger partial charge in [0.25, 0.3) is 0 Å². The zero-order valence-corrected chi connectivity index (χ0v) is 10.9. The predicted octanol–water partition coefficient (Wildman–Crippen LogP) is 2.81. The Morgan fingerprint density at radius 2 is 2.33 bits per heavy atom. The molecule has 5 heteroatoms. The summed E-state index contributed by atoms with van der Waals surface area (Å²) < 4.78 is 12.9. The first-order chi connectivity index (χ1) is 8.58. The third-order valence-corrected chi connectivity index (χ3v) is 3.55. The lowest BCUT2D eigenvalue weighted by molar-refractivity contribution is -0.119. The number of hydrogen-bond acceptors (Lipinski definition) is 2. The van der Waals surface area contributed by atoms with Crippen molar-refractivity contribution in [2.75, 3.05) is 11.9 Å². The molecule has 1 heterocycles. The van der Waals surface area contributed by atoms with Crippen LogP contribution in [0.5, 0.6) is 0 Å². The fourth-order valence-electron chi connectivity index (χ4n) is 2.20. The number of carbonyl (C=O) groups is 1. The average molecular weight is 271 g/mol. The van der Waals surface area contributed by atoms with E-state index < -0.39 is 5.82 Å². The molecule has 0 aliphatic carbocycles. The van der Waals surface area contributed by atoms with E-state index in [2.05, 4.69) is 10.6 Å². The van der Waals surface area contributed by atoms with Crippen LogP contribution in [0.15, 0.2) is 18.2 Å². The van der Waals surface area contributed by atoms with Crippen molar-refractivity contribution in [2.45, 2.75) is 25.8 Å². The number of carbonyl (C=O) groups excluding carboxylic acids is 1. The second-order valence-corrected chi connectivity index (χ2v) is 5.07. The van der Waals surface area contributed by atoms with Crippen LogP contribution in [0.25, 0.3) is 0 Å². The van der Waals surface area contributed by atoms with Gasteiger partial charge in [0.05, 0.1) is 16.8 Å². The summed E-state index contributed by atoms with van der Waals surface area (Å²) in [7, 11) is 0. The Hall–Kier alpha value is -1.13. The SMILES string of the molecule is CC1CCCNC1C(=O)Nc1ccc(F)cc1Cl. The standard InChI is InChI=1S/C13H16ClFN2O/c1-8-3-2-6-16-12(8)13(18)17-11-5-4-9(15)7-10(11)14/h4-5,7-8,12,16H,2-3,6H2,1H3,(H,17,18). The van der Waals surface area contributed by atoms with Crippen LogP contribution >= 0.6 is 11.6 Å². The number of halogens is 2. The molecule has 1 aliphatic rings. The van der Waals surface area contributed by atoms with E-state index in [1.54, 1.807) is 0 Å². The number of anilines is 1. The molecule has 0 radical (unpaired) electrons. The van der Waals surface area contributed by atoms with Gasteiger partial charge in [0.2, 0.25) is 5.91 Å². The summed E-state index contributed by atoms with van der Waals surface area (Å²) in [5, 5.41) is 6.14. The van der Waals surface area contributed by atoms with E-state index in [0.717, 1.165) is 19.4 Å². The van der Waals surface area contributed by atoms with Gasteiger partial charge in [-0.1, -0.05) is 18.5 Å². The smallest absolute Gasteiger partial charge is 0.241 e. The number of nitrogens with one attached hydrogen (secondary N) is 2. The van der Waals surface area contributed by atoms with Crippen LogP contribution in [0.4, 0.5) is 10.1 Å². The molecule has 1 saturated heterocycles. The zero-order chi connectivity index (χ0) is 13.1. The Morgan fingerprint density at radius 1 is 1.56 bits per heavy atom. The molecular weight excluding hydrogens is 255 g/mol. The zero-order valence-electron chi connectivity index (χ0n) is 10.2. The molecule has 0 saturated carbocycles. The summed E-state index contributed by atoms with van der Waals surface area (Å²) in [5.74, 6) is -0.240. The maximum Gasteiger partial charge on any atom is 0.241 e. The van der Waals surface area contributed by atoms with Gasteiger partial charge in [-0.15, -0.1) is 0 Å². The minimum atomic E-state index is -0.415. The highest BCUT2D eigenvalue weighted by molar-refractivity contribution is 6.33. The molecule has 1 amide bonds. The Bertz CT molecular complexity index is 453. The number of hydrogen-bond donors (Lipinski definition) is 2. The number of benzene rings is 1. The van der Waals surface area contributed by atoms with Gasteiger partial charge in [-0.25, -0.2) is 4.39 Å². The lowest BCUT2D eigenvalue weighted by atomic mass is 9.92. The van der Waals surface area contributed by atoms with Crippen molar-refractivity contribution in [3.8, 4) is 0 Å². The molecule has 1 aromatic carbocycles. The first-order valence-corrected chi connectivity index (χ1v) is 6.45. The van der Waals surface area contributed by atoms with Gasteiger partial charge in [-0.05, 0) is 43.5 Å². The van der Waals surface area contributed by atoms with Crippen molar-refractivity contribution in [3.05, 3.63) is 29.0 Å². The first-order valence-electron chi connectivity index (χ1n) is 6.07. The maximum atomic E-state index is 12.9. The Morgan fingerprint density at radius 3 is 3.00 bits per heavy atom. The van der Waals surface area contributed by atoms with Crippen molar-refractivity contribution in [1.29, 1.82) is 0 Å². The van der Waals surface area contributed by atoms with Gasteiger partial charge in [0, 0.05) is 0 Å². The quantitative estimate of drug-likeness (QED) is 0.868. The molecule has 0 aromatic heterocycles. The molecule has 98 valence electrons. The van der Waals surface area contributed by atoms with E-state index in [1.807, 2.05) is 6.92 Å². The van der Waals surface area contributed by atoms with E-state index in [1.165, 1.54) is 18.2 Å². The van der Waals surface area contributed by atoms with Crippen LogP contribution in [-0.2, 0) is 4.79 Å². The minimum Gasteiger partial charge on any atom is -0.323 e. The van der Waals surface area contributed by atoms with Crippen molar-refractivity contribution >= 4 is 23.2 Å². The van der Waals surface area contributed by atoms with Crippen molar-refractivity contribution in [3.63, 3.8) is 0 Å². The van der Waals surface area contributed by atoms with Crippen LogP contribution in [0, 0.1) is 11.7 Å². The van der Waals surface area contributed by atoms with Gasteiger partial charge < -0.3 is 10.6 Å². The normalized spacial score (nSPS) is 23.7. The molecule has 1 aromatic rings. The molecule has 2 atom stereocenters.